The van der Waals surface area contributed by atoms with E-state index in [2.05, 4.69) is 45.7 Å². The monoisotopic (exact) mass is 262 g/mol. The van der Waals surface area contributed by atoms with Gasteiger partial charge in [0.15, 0.2) is 0 Å². The Balaban J connectivity index is 1.93. The van der Waals surface area contributed by atoms with Crippen LogP contribution in [0, 0.1) is 6.92 Å². The number of benzene rings is 1. The fraction of sp³-hybridized carbons (Fsp3) is 0.125. The molecule has 0 amide bonds. The molecule has 1 aliphatic heterocycles. The van der Waals surface area contributed by atoms with E-state index in [4.69, 9.17) is 0 Å². The van der Waals surface area contributed by atoms with Gasteiger partial charge in [-0.1, -0.05) is 24.3 Å². The minimum atomic E-state index is -0.0118. The molecule has 1 aromatic carbocycles. The van der Waals surface area contributed by atoms with Crippen molar-refractivity contribution in [3.05, 3.63) is 66.1 Å². The highest BCUT2D eigenvalue weighted by Gasteiger charge is 2.25. The summed E-state index contributed by atoms with van der Waals surface area (Å²) in [5.74, 6) is 0. The molecule has 0 fully saturated rings. The molecule has 0 radical (unpaired) electrons. The molecule has 4 rings (SSSR count). The van der Waals surface area contributed by atoms with Crippen molar-refractivity contribution in [1.29, 1.82) is 0 Å². The van der Waals surface area contributed by atoms with Crippen molar-refractivity contribution in [3.63, 3.8) is 0 Å². The highest BCUT2D eigenvalue weighted by molar-refractivity contribution is 5.78. The van der Waals surface area contributed by atoms with Crippen LogP contribution in [0.1, 0.15) is 17.4 Å². The Morgan fingerprint density at radius 2 is 2.05 bits per heavy atom. The minimum Gasteiger partial charge on any atom is -0.359 e. The number of hydrogen-bond donors (Lipinski definition) is 1. The molecule has 0 saturated carbocycles. The standard InChI is InChI=1S/C16H14N4/c1-11-9-15-13-6-2-3-7-14(13)18-16(20(15)19-11)12-5-4-8-17-10-12/h2-10,16,18H,1H3/t16-/m0/s1. The maximum atomic E-state index is 4.63. The number of pyridine rings is 1. The number of nitrogens with zero attached hydrogens (tertiary/aromatic N) is 3. The zero-order valence-electron chi connectivity index (χ0n) is 11.1. The number of rotatable bonds is 1. The number of para-hydroxylation sites is 1. The van der Waals surface area contributed by atoms with E-state index in [0.717, 1.165) is 22.6 Å². The van der Waals surface area contributed by atoms with Crippen molar-refractivity contribution in [1.82, 2.24) is 14.8 Å². The molecule has 2 aromatic heterocycles. The quantitative estimate of drug-likeness (QED) is 0.732. The van der Waals surface area contributed by atoms with Gasteiger partial charge in [-0.3, -0.25) is 4.98 Å². The van der Waals surface area contributed by atoms with Crippen LogP contribution in [0.15, 0.2) is 54.9 Å². The Kier molecular flexibility index (Phi) is 2.36. The molecule has 3 aromatic rings. The van der Waals surface area contributed by atoms with Gasteiger partial charge in [-0.25, -0.2) is 4.68 Å². The van der Waals surface area contributed by atoms with Crippen LogP contribution in [0.3, 0.4) is 0 Å². The van der Waals surface area contributed by atoms with Gasteiger partial charge in [-0.05, 0) is 25.1 Å². The SMILES string of the molecule is Cc1cc2n(n1)[C@@H](c1cccnc1)Nc1ccccc1-2. The average molecular weight is 262 g/mol. The van der Waals surface area contributed by atoms with E-state index in [1.807, 2.05) is 29.9 Å². The zero-order valence-corrected chi connectivity index (χ0v) is 11.1. The van der Waals surface area contributed by atoms with Crippen molar-refractivity contribution >= 4 is 5.69 Å². The summed E-state index contributed by atoms with van der Waals surface area (Å²) in [7, 11) is 0. The maximum Gasteiger partial charge on any atom is 0.148 e. The highest BCUT2D eigenvalue weighted by Crippen LogP contribution is 2.37. The number of aromatic nitrogens is 3. The summed E-state index contributed by atoms with van der Waals surface area (Å²) in [4.78, 5) is 4.21. The number of anilines is 1. The lowest BCUT2D eigenvalue weighted by Crippen LogP contribution is -2.25. The molecule has 0 spiro atoms. The van der Waals surface area contributed by atoms with Gasteiger partial charge in [0.25, 0.3) is 0 Å². The molecule has 4 nitrogen and oxygen atoms in total. The largest absolute Gasteiger partial charge is 0.359 e. The summed E-state index contributed by atoms with van der Waals surface area (Å²) in [5, 5.41) is 8.18. The first-order valence-corrected chi connectivity index (χ1v) is 6.65. The van der Waals surface area contributed by atoms with Crippen LogP contribution in [0.5, 0.6) is 0 Å². The molecular formula is C16H14N4. The molecule has 0 aliphatic carbocycles. The van der Waals surface area contributed by atoms with Gasteiger partial charge in [-0.15, -0.1) is 0 Å². The summed E-state index contributed by atoms with van der Waals surface area (Å²) in [6.07, 6.45) is 3.66. The molecule has 3 heterocycles. The second kappa shape index (κ2) is 4.20. The first-order valence-electron chi connectivity index (χ1n) is 6.65. The number of nitrogens with one attached hydrogen (secondary N) is 1. The Labute approximate surface area is 117 Å². The third kappa shape index (κ3) is 1.61. The Morgan fingerprint density at radius 1 is 1.15 bits per heavy atom. The summed E-state index contributed by atoms with van der Waals surface area (Å²) >= 11 is 0. The lowest BCUT2D eigenvalue weighted by molar-refractivity contribution is 0.569. The van der Waals surface area contributed by atoms with Crippen LogP contribution in [0.25, 0.3) is 11.3 Å². The van der Waals surface area contributed by atoms with Gasteiger partial charge >= 0.3 is 0 Å². The molecule has 0 saturated heterocycles. The fourth-order valence-corrected chi connectivity index (χ4v) is 2.72. The number of fused-ring (bicyclic) bond motifs is 3. The average Bonchev–Trinajstić information content (AvgIpc) is 2.89. The second-order valence-electron chi connectivity index (χ2n) is 4.99. The van der Waals surface area contributed by atoms with E-state index in [9.17, 15) is 0 Å². The van der Waals surface area contributed by atoms with Crippen molar-refractivity contribution in [2.24, 2.45) is 0 Å². The van der Waals surface area contributed by atoms with Crippen LogP contribution in [0.2, 0.25) is 0 Å². The Hall–Kier alpha value is -2.62. The highest BCUT2D eigenvalue weighted by atomic mass is 15.4. The first kappa shape index (κ1) is 11.2. The van der Waals surface area contributed by atoms with Crippen molar-refractivity contribution in [2.75, 3.05) is 5.32 Å². The van der Waals surface area contributed by atoms with Crippen LogP contribution in [-0.2, 0) is 0 Å². The van der Waals surface area contributed by atoms with E-state index in [1.165, 1.54) is 5.56 Å². The van der Waals surface area contributed by atoms with E-state index in [-0.39, 0.29) is 6.17 Å². The van der Waals surface area contributed by atoms with Gasteiger partial charge in [-0.2, -0.15) is 5.10 Å². The van der Waals surface area contributed by atoms with Crippen LogP contribution in [-0.4, -0.2) is 14.8 Å². The predicted octanol–water partition coefficient (Wildman–Crippen LogP) is 3.23. The lowest BCUT2D eigenvalue weighted by Gasteiger charge is -2.28. The zero-order chi connectivity index (χ0) is 13.5. The third-order valence-corrected chi connectivity index (χ3v) is 3.60. The topological polar surface area (TPSA) is 42.7 Å². The Bertz CT molecular complexity index is 761. The summed E-state index contributed by atoms with van der Waals surface area (Å²) < 4.78 is 2.04. The van der Waals surface area contributed by atoms with E-state index < -0.39 is 0 Å². The lowest BCUT2D eigenvalue weighted by atomic mass is 10.0. The molecule has 4 heteroatoms. The smallest absolute Gasteiger partial charge is 0.148 e. The summed E-state index contributed by atoms with van der Waals surface area (Å²) in [5.41, 5.74) is 5.59. The minimum absolute atomic E-state index is 0.0118. The summed E-state index contributed by atoms with van der Waals surface area (Å²) in [6.45, 7) is 2.02. The van der Waals surface area contributed by atoms with Crippen molar-refractivity contribution in [2.45, 2.75) is 13.1 Å². The van der Waals surface area contributed by atoms with Crippen molar-refractivity contribution < 1.29 is 0 Å². The van der Waals surface area contributed by atoms with Gasteiger partial charge in [0, 0.05) is 29.2 Å². The molecule has 98 valence electrons. The van der Waals surface area contributed by atoms with Crippen molar-refractivity contribution in [3.8, 4) is 11.3 Å². The van der Waals surface area contributed by atoms with E-state index >= 15 is 0 Å². The van der Waals surface area contributed by atoms with Gasteiger partial charge < -0.3 is 5.32 Å². The normalized spacial score (nSPS) is 16.1. The first-order chi connectivity index (χ1) is 9.83. The summed E-state index contributed by atoms with van der Waals surface area (Å²) in [6, 6.07) is 14.5. The third-order valence-electron chi connectivity index (χ3n) is 3.60. The number of hydrogen-bond acceptors (Lipinski definition) is 3. The molecule has 1 atom stereocenters. The number of aryl methyl sites for hydroxylation is 1. The van der Waals surface area contributed by atoms with E-state index in [1.54, 1.807) is 6.20 Å². The van der Waals surface area contributed by atoms with Gasteiger partial charge in [0.2, 0.25) is 0 Å². The van der Waals surface area contributed by atoms with E-state index in [0.29, 0.717) is 0 Å². The van der Waals surface area contributed by atoms with Crippen LogP contribution in [0.4, 0.5) is 5.69 Å². The molecular weight excluding hydrogens is 248 g/mol. The molecule has 0 bridgehead atoms. The fourth-order valence-electron chi connectivity index (χ4n) is 2.72. The molecule has 1 N–H and O–H groups in total. The van der Waals surface area contributed by atoms with Crippen LogP contribution >= 0.6 is 0 Å². The Morgan fingerprint density at radius 3 is 2.90 bits per heavy atom. The van der Waals surface area contributed by atoms with Crippen LogP contribution < -0.4 is 5.32 Å². The second-order valence-corrected chi connectivity index (χ2v) is 4.99. The van der Waals surface area contributed by atoms with Gasteiger partial charge in [0.05, 0.1) is 11.4 Å². The molecule has 1 aliphatic rings. The van der Waals surface area contributed by atoms with Gasteiger partial charge in [0.1, 0.15) is 6.17 Å². The molecule has 0 unspecified atom stereocenters. The maximum absolute atomic E-state index is 4.63. The predicted molar refractivity (Wildman–Crippen MR) is 78.4 cm³/mol. The molecule has 20 heavy (non-hydrogen) atoms.